The van der Waals surface area contributed by atoms with Crippen LogP contribution in [-0.4, -0.2) is 20.7 Å². The molecule has 1 amide bonds. The Balaban J connectivity index is 1.51. The molecule has 0 spiro atoms. The van der Waals surface area contributed by atoms with Crippen LogP contribution in [0.25, 0.3) is 10.2 Å². The number of carbonyl (C=O) groups is 1. The number of carbonyl (C=O) groups excluding carboxylic acids is 1. The number of thiazole rings is 1. The van der Waals surface area contributed by atoms with Gasteiger partial charge in [0.25, 0.3) is 5.91 Å². The van der Waals surface area contributed by atoms with E-state index in [9.17, 15) is 4.79 Å². The molecular weight excluding hydrogens is 344 g/mol. The lowest BCUT2D eigenvalue weighted by Gasteiger charge is -2.04. The molecule has 2 heterocycles. The van der Waals surface area contributed by atoms with Gasteiger partial charge in [-0.25, -0.2) is 4.98 Å². The largest absolute Gasteiger partial charge is 0.298 e. The van der Waals surface area contributed by atoms with Crippen LogP contribution >= 0.6 is 11.3 Å². The summed E-state index contributed by atoms with van der Waals surface area (Å²) in [7, 11) is 0. The minimum absolute atomic E-state index is 0.148. The summed E-state index contributed by atoms with van der Waals surface area (Å²) in [4.78, 5) is 17.1. The van der Waals surface area contributed by atoms with Crippen molar-refractivity contribution in [3.05, 3.63) is 77.1 Å². The highest BCUT2D eigenvalue weighted by Gasteiger charge is 2.12. The highest BCUT2D eigenvalue weighted by Crippen LogP contribution is 2.31. The third-order valence-electron chi connectivity index (χ3n) is 4.28. The molecule has 5 nitrogen and oxygen atoms in total. The average Bonchev–Trinajstić information content (AvgIpc) is 3.29. The third-order valence-corrected chi connectivity index (χ3v) is 5.39. The molecule has 0 aliphatic carbocycles. The van der Waals surface area contributed by atoms with Gasteiger partial charge in [-0.2, -0.15) is 5.10 Å². The summed E-state index contributed by atoms with van der Waals surface area (Å²) in [6.07, 6.45) is 3.67. The first-order valence-corrected chi connectivity index (χ1v) is 9.16. The number of aryl methyl sites for hydroxylation is 2. The average molecular weight is 362 g/mol. The van der Waals surface area contributed by atoms with E-state index in [-0.39, 0.29) is 5.91 Å². The first kappa shape index (κ1) is 16.5. The molecule has 0 saturated carbocycles. The van der Waals surface area contributed by atoms with Crippen molar-refractivity contribution in [3.63, 3.8) is 0 Å². The first-order valence-electron chi connectivity index (χ1n) is 8.34. The van der Waals surface area contributed by atoms with Gasteiger partial charge in [0.05, 0.1) is 16.8 Å². The summed E-state index contributed by atoms with van der Waals surface area (Å²) in [5.41, 5.74) is 4.95. The van der Waals surface area contributed by atoms with Gasteiger partial charge in [-0.05, 0) is 48.7 Å². The Labute approximate surface area is 155 Å². The second-order valence-corrected chi connectivity index (χ2v) is 7.25. The zero-order valence-corrected chi connectivity index (χ0v) is 15.4. The quantitative estimate of drug-likeness (QED) is 0.585. The zero-order valence-electron chi connectivity index (χ0n) is 14.6. The monoisotopic (exact) mass is 362 g/mol. The van der Waals surface area contributed by atoms with Crippen molar-refractivity contribution in [2.75, 3.05) is 5.32 Å². The van der Waals surface area contributed by atoms with Gasteiger partial charge in [0, 0.05) is 18.0 Å². The van der Waals surface area contributed by atoms with E-state index >= 15 is 0 Å². The Bertz CT molecular complexity index is 1030. The van der Waals surface area contributed by atoms with E-state index < -0.39 is 0 Å². The number of aromatic nitrogens is 3. The van der Waals surface area contributed by atoms with Gasteiger partial charge >= 0.3 is 0 Å². The van der Waals surface area contributed by atoms with E-state index in [1.807, 2.05) is 48.1 Å². The Morgan fingerprint density at radius 2 is 1.88 bits per heavy atom. The van der Waals surface area contributed by atoms with Gasteiger partial charge in [0.15, 0.2) is 5.13 Å². The Kier molecular flexibility index (Phi) is 4.26. The van der Waals surface area contributed by atoms with Gasteiger partial charge in [0.1, 0.15) is 0 Å². The molecule has 0 fully saturated rings. The zero-order chi connectivity index (χ0) is 18.1. The van der Waals surface area contributed by atoms with Crippen LogP contribution in [0.4, 0.5) is 5.13 Å². The molecule has 26 heavy (non-hydrogen) atoms. The van der Waals surface area contributed by atoms with Crippen LogP contribution in [0.1, 0.15) is 27.0 Å². The van der Waals surface area contributed by atoms with E-state index in [2.05, 4.69) is 34.5 Å². The van der Waals surface area contributed by atoms with Crippen molar-refractivity contribution in [2.45, 2.75) is 20.4 Å². The second-order valence-electron chi connectivity index (χ2n) is 6.25. The van der Waals surface area contributed by atoms with Gasteiger partial charge in [-0.15, -0.1) is 0 Å². The summed E-state index contributed by atoms with van der Waals surface area (Å²) in [5, 5.41) is 7.74. The SMILES string of the molecule is Cc1ccc(C)c2sc(NC(=O)c3ccc(Cn4cccn4)cc3)nc12. The number of rotatable bonds is 4. The molecule has 0 atom stereocenters. The maximum atomic E-state index is 12.5. The van der Waals surface area contributed by atoms with Gasteiger partial charge in [-0.3, -0.25) is 14.8 Å². The van der Waals surface area contributed by atoms with Crippen molar-refractivity contribution < 1.29 is 4.79 Å². The second kappa shape index (κ2) is 6.72. The summed E-state index contributed by atoms with van der Waals surface area (Å²) < 4.78 is 2.97. The Hall–Kier alpha value is -2.99. The van der Waals surface area contributed by atoms with E-state index in [1.54, 1.807) is 6.20 Å². The maximum Gasteiger partial charge on any atom is 0.257 e. The van der Waals surface area contributed by atoms with Gasteiger partial charge < -0.3 is 0 Å². The van der Waals surface area contributed by atoms with E-state index in [1.165, 1.54) is 16.9 Å². The first-order chi connectivity index (χ1) is 12.6. The van der Waals surface area contributed by atoms with Crippen molar-refractivity contribution in [3.8, 4) is 0 Å². The number of anilines is 1. The molecule has 1 N–H and O–H groups in total. The lowest BCUT2D eigenvalue weighted by atomic mass is 10.1. The molecule has 0 aliphatic rings. The molecule has 0 saturated heterocycles. The van der Waals surface area contributed by atoms with Crippen LogP contribution in [0.5, 0.6) is 0 Å². The lowest BCUT2D eigenvalue weighted by molar-refractivity contribution is 0.102. The fourth-order valence-electron chi connectivity index (χ4n) is 2.82. The van der Waals surface area contributed by atoms with Crippen molar-refractivity contribution in [1.82, 2.24) is 14.8 Å². The molecule has 2 aromatic carbocycles. The molecule has 0 bridgehead atoms. The van der Waals surface area contributed by atoms with Crippen molar-refractivity contribution >= 4 is 32.6 Å². The summed E-state index contributed by atoms with van der Waals surface area (Å²) in [6, 6.07) is 13.6. The molecule has 4 aromatic rings. The minimum atomic E-state index is -0.148. The fourth-order valence-corrected chi connectivity index (χ4v) is 3.83. The highest BCUT2D eigenvalue weighted by molar-refractivity contribution is 7.22. The van der Waals surface area contributed by atoms with Crippen LogP contribution < -0.4 is 5.32 Å². The van der Waals surface area contributed by atoms with Gasteiger partial charge in [0.2, 0.25) is 0 Å². The summed E-state index contributed by atoms with van der Waals surface area (Å²) in [6.45, 7) is 4.78. The molecule has 2 aromatic heterocycles. The third kappa shape index (κ3) is 3.23. The molecule has 0 aliphatic heterocycles. The predicted octanol–water partition coefficient (Wildman–Crippen LogP) is 4.41. The van der Waals surface area contributed by atoms with Gasteiger partial charge in [-0.1, -0.05) is 35.6 Å². The highest BCUT2D eigenvalue weighted by atomic mass is 32.1. The number of fused-ring (bicyclic) bond motifs is 1. The minimum Gasteiger partial charge on any atom is -0.298 e. The fraction of sp³-hybridized carbons (Fsp3) is 0.150. The number of hydrogen-bond donors (Lipinski definition) is 1. The Morgan fingerprint density at radius 3 is 2.58 bits per heavy atom. The van der Waals surface area contributed by atoms with Crippen molar-refractivity contribution in [1.29, 1.82) is 0 Å². The normalized spacial score (nSPS) is 11.0. The van der Waals surface area contributed by atoms with Crippen LogP contribution in [0.15, 0.2) is 54.9 Å². The molecule has 130 valence electrons. The molecule has 0 unspecified atom stereocenters. The standard InChI is InChI=1S/C20H18N4OS/c1-13-4-5-14(2)18-17(13)22-20(26-18)23-19(25)16-8-6-15(7-9-16)12-24-11-3-10-21-24/h3-11H,12H2,1-2H3,(H,22,23,25). The molecule has 4 rings (SSSR count). The van der Waals surface area contributed by atoms with Crippen molar-refractivity contribution in [2.24, 2.45) is 0 Å². The number of benzene rings is 2. The van der Waals surface area contributed by atoms with Crippen LogP contribution in [0.2, 0.25) is 0 Å². The predicted molar refractivity (Wildman–Crippen MR) is 105 cm³/mol. The topological polar surface area (TPSA) is 59.8 Å². The van der Waals surface area contributed by atoms with Crippen LogP contribution in [-0.2, 0) is 6.54 Å². The number of amides is 1. The van der Waals surface area contributed by atoms with E-state index in [0.29, 0.717) is 17.2 Å². The van der Waals surface area contributed by atoms with E-state index in [4.69, 9.17) is 0 Å². The Morgan fingerprint density at radius 1 is 1.12 bits per heavy atom. The number of nitrogens with zero attached hydrogens (tertiary/aromatic N) is 3. The smallest absolute Gasteiger partial charge is 0.257 e. The lowest BCUT2D eigenvalue weighted by Crippen LogP contribution is -2.11. The molecular formula is C20H18N4OS. The van der Waals surface area contributed by atoms with Crippen LogP contribution in [0.3, 0.4) is 0 Å². The molecule has 6 heteroatoms. The summed E-state index contributed by atoms with van der Waals surface area (Å²) >= 11 is 1.51. The number of nitrogens with one attached hydrogen (secondary N) is 1. The maximum absolute atomic E-state index is 12.5. The number of hydrogen-bond acceptors (Lipinski definition) is 4. The van der Waals surface area contributed by atoms with Crippen LogP contribution in [0, 0.1) is 13.8 Å². The summed E-state index contributed by atoms with van der Waals surface area (Å²) in [5.74, 6) is -0.148. The molecule has 0 radical (unpaired) electrons. The van der Waals surface area contributed by atoms with E-state index in [0.717, 1.165) is 21.3 Å².